The molecule has 1 aliphatic heterocycles. The first-order valence-electron chi connectivity index (χ1n) is 6.54. The lowest BCUT2D eigenvalue weighted by Gasteiger charge is -2.19. The third kappa shape index (κ3) is 2.94. The Kier molecular flexibility index (Phi) is 3.46. The molecule has 1 heterocycles. The molecule has 19 heavy (non-hydrogen) atoms. The summed E-state index contributed by atoms with van der Waals surface area (Å²) in [6, 6.07) is 18.6. The van der Waals surface area contributed by atoms with Crippen LogP contribution in [0.5, 0.6) is 5.75 Å². The maximum absolute atomic E-state index is 5.74. The highest BCUT2D eigenvalue weighted by molar-refractivity contribution is 5.51. The van der Waals surface area contributed by atoms with Gasteiger partial charge in [-0.05, 0) is 22.8 Å². The molecule has 0 saturated carbocycles. The Morgan fingerprint density at radius 1 is 0.895 bits per heavy atom. The molecular formula is C18H16O. The molecule has 2 aromatic carbocycles. The predicted molar refractivity (Wildman–Crippen MR) is 79.2 cm³/mol. The van der Waals surface area contributed by atoms with Crippen molar-refractivity contribution in [1.82, 2.24) is 0 Å². The highest BCUT2D eigenvalue weighted by Crippen LogP contribution is 2.26. The van der Waals surface area contributed by atoms with Crippen molar-refractivity contribution in [3.05, 3.63) is 83.4 Å². The first kappa shape index (κ1) is 11.8. The average Bonchev–Trinajstić information content (AvgIpc) is 2.48. The Balaban J connectivity index is 1.71. The van der Waals surface area contributed by atoms with Crippen LogP contribution in [0.25, 0.3) is 6.08 Å². The van der Waals surface area contributed by atoms with Gasteiger partial charge in [0.15, 0.2) is 0 Å². The molecule has 0 fully saturated rings. The fourth-order valence-corrected chi connectivity index (χ4v) is 2.22. The van der Waals surface area contributed by atoms with E-state index < -0.39 is 0 Å². The van der Waals surface area contributed by atoms with Gasteiger partial charge in [0.05, 0.1) is 0 Å². The predicted octanol–water partition coefficient (Wildman–Crippen LogP) is 4.26. The van der Waals surface area contributed by atoms with Gasteiger partial charge in [-0.25, -0.2) is 0 Å². The van der Waals surface area contributed by atoms with Crippen molar-refractivity contribution < 1.29 is 4.74 Å². The van der Waals surface area contributed by atoms with Gasteiger partial charge >= 0.3 is 0 Å². The first-order chi connectivity index (χ1) is 9.42. The zero-order valence-electron chi connectivity index (χ0n) is 10.8. The quantitative estimate of drug-likeness (QED) is 0.771. The molecule has 2 aromatic rings. The molecule has 1 aliphatic rings. The van der Waals surface area contributed by atoms with Crippen LogP contribution in [0, 0.1) is 0 Å². The number of fused-ring (bicyclic) bond motifs is 1. The molecule has 0 radical (unpaired) electrons. The Labute approximate surface area is 113 Å². The van der Waals surface area contributed by atoms with Crippen molar-refractivity contribution in [2.75, 3.05) is 6.61 Å². The molecule has 3 rings (SSSR count). The van der Waals surface area contributed by atoms with Crippen molar-refractivity contribution in [2.24, 2.45) is 0 Å². The smallest absolute Gasteiger partial charge is 0.123 e. The van der Waals surface area contributed by atoms with E-state index in [0.717, 1.165) is 12.2 Å². The van der Waals surface area contributed by atoms with Crippen LogP contribution in [0.15, 0.2) is 72.3 Å². The van der Waals surface area contributed by atoms with Crippen molar-refractivity contribution >= 4 is 6.08 Å². The second kappa shape index (κ2) is 5.57. The number of rotatable bonds is 2. The van der Waals surface area contributed by atoms with Gasteiger partial charge in [-0.3, -0.25) is 0 Å². The summed E-state index contributed by atoms with van der Waals surface area (Å²) in [5.74, 6) is 1.02. The van der Waals surface area contributed by atoms with E-state index in [1.165, 1.54) is 16.7 Å². The molecule has 94 valence electrons. The normalized spacial score (nSPS) is 16.3. The van der Waals surface area contributed by atoms with Gasteiger partial charge in [-0.1, -0.05) is 66.8 Å². The zero-order valence-corrected chi connectivity index (χ0v) is 10.8. The van der Waals surface area contributed by atoms with Crippen molar-refractivity contribution in [1.29, 1.82) is 0 Å². The second-order valence-electron chi connectivity index (χ2n) is 4.67. The number of ether oxygens (including phenoxy) is 1. The fourth-order valence-electron chi connectivity index (χ4n) is 2.22. The third-order valence-electron chi connectivity index (χ3n) is 3.22. The van der Waals surface area contributed by atoms with E-state index in [4.69, 9.17) is 4.74 Å². The summed E-state index contributed by atoms with van der Waals surface area (Å²) >= 11 is 0. The first-order valence-corrected chi connectivity index (χ1v) is 6.54. The summed E-state index contributed by atoms with van der Waals surface area (Å²) in [6.45, 7) is 0.691. The van der Waals surface area contributed by atoms with E-state index in [9.17, 15) is 0 Å². The molecule has 0 unspecified atom stereocenters. The fraction of sp³-hybridized carbons (Fsp3) is 0.111. The molecule has 0 saturated heterocycles. The summed E-state index contributed by atoms with van der Waals surface area (Å²) in [5.41, 5.74) is 3.80. The largest absolute Gasteiger partial charge is 0.489 e. The minimum atomic E-state index is 0.691. The lowest BCUT2D eigenvalue weighted by atomic mass is 10.0. The summed E-state index contributed by atoms with van der Waals surface area (Å²) in [7, 11) is 0. The molecule has 0 bridgehead atoms. The van der Waals surface area contributed by atoms with Crippen molar-refractivity contribution in [3.8, 4) is 5.75 Å². The van der Waals surface area contributed by atoms with Crippen LogP contribution >= 0.6 is 0 Å². The van der Waals surface area contributed by atoms with E-state index >= 15 is 0 Å². The van der Waals surface area contributed by atoms with Crippen LogP contribution in [0.2, 0.25) is 0 Å². The van der Waals surface area contributed by atoms with Crippen LogP contribution in [0.4, 0.5) is 0 Å². The van der Waals surface area contributed by atoms with Gasteiger partial charge in [0.1, 0.15) is 12.4 Å². The van der Waals surface area contributed by atoms with Crippen LogP contribution < -0.4 is 4.74 Å². The highest BCUT2D eigenvalue weighted by Gasteiger charge is 2.11. The Morgan fingerprint density at radius 2 is 1.68 bits per heavy atom. The van der Waals surface area contributed by atoms with Crippen LogP contribution in [0.3, 0.4) is 0 Å². The Hall–Kier alpha value is -2.28. The van der Waals surface area contributed by atoms with Crippen molar-refractivity contribution in [2.45, 2.75) is 6.42 Å². The Morgan fingerprint density at radius 3 is 2.58 bits per heavy atom. The zero-order chi connectivity index (χ0) is 12.9. The maximum Gasteiger partial charge on any atom is 0.123 e. The van der Waals surface area contributed by atoms with Crippen LogP contribution in [-0.4, -0.2) is 6.61 Å². The van der Waals surface area contributed by atoms with Crippen LogP contribution in [-0.2, 0) is 6.42 Å². The summed E-state index contributed by atoms with van der Waals surface area (Å²) in [4.78, 5) is 0. The molecule has 0 atom stereocenters. The summed E-state index contributed by atoms with van der Waals surface area (Å²) < 4.78 is 5.74. The second-order valence-corrected chi connectivity index (χ2v) is 4.67. The lowest BCUT2D eigenvalue weighted by molar-refractivity contribution is 0.332. The maximum atomic E-state index is 5.74. The van der Waals surface area contributed by atoms with Gasteiger partial charge in [0, 0.05) is 6.42 Å². The van der Waals surface area contributed by atoms with Gasteiger partial charge in [0.2, 0.25) is 0 Å². The topological polar surface area (TPSA) is 9.23 Å². The molecular weight excluding hydrogens is 232 g/mol. The molecule has 0 N–H and O–H groups in total. The summed E-state index contributed by atoms with van der Waals surface area (Å²) in [6.07, 6.45) is 7.35. The molecule has 0 amide bonds. The Bertz CT molecular complexity index is 609. The number of hydrogen-bond acceptors (Lipinski definition) is 1. The number of hydrogen-bond donors (Lipinski definition) is 0. The lowest BCUT2D eigenvalue weighted by Crippen LogP contribution is -2.11. The molecule has 0 spiro atoms. The molecule has 0 aliphatic carbocycles. The van der Waals surface area contributed by atoms with E-state index in [-0.39, 0.29) is 0 Å². The molecule has 0 aromatic heterocycles. The molecule has 1 nitrogen and oxygen atoms in total. The van der Waals surface area contributed by atoms with Gasteiger partial charge in [-0.15, -0.1) is 0 Å². The monoisotopic (exact) mass is 248 g/mol. The van der Waals surface area contributed by atoms with E-state index in [1.54, 1.807) is 0 Å². The van der Waals surface area contributed by atoms with Gasteiger partial charge in [-0.2, -0.15) is 0 Å². The van der Waals surface area contributed by atoms with E-state index in [1.807, 2.05) is 30.3 Å². The number of benzene rings is 2. The highest BCUT2D eigenvalue weighted by atomic mass is 16.5. The third-order valence-corrected chi connectivity index (χ3v) is 3.22. The van der Waals surface area contributed by atoms with Gasteiger partial charge < -0.3 is 4.74 Å². The molecule has 1 heteroatoms. The van der Waals surface area contributed by atoms with Crippen molar-refractivity contribution in [3.63, 3.8) is 0 Å². The van der Waals surface area contributed by atoms with E-state index in [0.29, 0.717) is 6.61 Å². The minimum absolute atomic E-state index is 0.691. The van der Waals surface area contributed by atoms with Crippen LogP contribution in [0.1, 0.15) is 11.1 Å². The number of para-hydroxylation sites is 1. The average molecular weight is 248 g/mol. The van der Waals surface area contributed by atoms with E-state index in [2.05, 4.69) is 42.5 Å². The summed E-state index contributed by atoms with van der Waals surface area (Å²) in [5, 5.41) is 0. The number of allylic oxidation sites excluding steroid dienone is 2. The standard InChI is InChI=1S/C18H16O/c1-2-7-15(8-3-1)9-6-10-16-13-17-11-4-5-12-18(17)19-14-16/h1-12H,13-14H2/b9-6+,16-10-. The minimum Gasteiger partial charge on any atom is -0.489 e. The SMILES string of the molecule is C(/C=C/c1ccccc1)=C1/COc2ccccc2C1. The van der Waals surface area contributed by atoms with Gasteiger partial charge in [0.25, 0.3) is 0 Å².